The Morgan fingerprint density at radius 3 is 2.55 bits per heavy atom. The predicted octanol–water partition coefficient (Wildman–Crippen LogP) is 2.69. The zero-order valence-electron chi connectivity index (χ0n) is 23.9. The number of fused-ring (bicyclic) bond motifs is 1. The zero-order valence-corrected chi connectivity index (χ0v) is 24.7. The maximum absolute atomic E-state index is 13.0. The van der Waals surface area contributed by atoms with Crippen LogP contribution in [0.25, 0.3) is 10.9 Å². The van der Waals surface area contributed by atoms with Gasteiger partial charge in [0.15, 0.2) is 5.95 Å². The Labute approximate surface area is 244 Å². The average Bonchev–Trinajstić information content (AvgIpc) is 3.62. The number of benzene rings is 2. The first kappa shape index (κ1) is 30.5. The summed E-state index contributed by atoms with van der Waals surface area (Å²) in [5, 5.41) is 11.0. The lowest BCUT2D eigenvalue weighted by Gasteiger charge is -2.24. The number of nitrogens with one attached hydrogen (secondary N) is 4. The molecule has 42 heavy (non-hydrogen) atoms. The van der Waals surface area contributed by atoms with E-state index in [0.717, 1.165) is 17.3 Å². The molecule has 0 aliphatic carbocycles. The first-order valence-electron chi connectivity index (χ1n) is 13.3. The third-order valence-electron chi connectivity index (χ3n) is 6.07. The van der Waals surface area contributed by atoms with Crippen molar-refractivity contribution in [2.24, 2.45) is 0 Å². The number of ether oxygens (including phenoxy) is 2. The number of carbonyl (C=O) groups excluding carboxylic acids is 2. The minimum atomic E-state index is -4.12. The highest BCUT2D eigenvalue weighted by atomic mass is 32.2. The fourth-order valence-electron chi connectivity index (χ4n) is 4.06. The molecule has 2 aromatic heterocycles. The summed E-state index contributed by atoms with van der Waals surface area (Å²) in [5.74, 6) is -0.115. The molecular formula is C28H35N7O6S. The molecule has 0 aliphatic heterocycles. The van der Waals surface area contributed by atoms with Crippen LogP contribution in [0.4, 0.5) is 5.95 Å². The van der Waals surface area contributed by atoms with Crippen molar-refractivity contribution in [2.45, 2.75) is 50.3 Å². The molecule has 14 heteroatoms. The summed E-state index contributed by atoms with van der Waals surface area (Å²) in [6, 6.07) is 9.48. The van der Waals surface area contributed by atoms with Crippen LogP contribution in [0, 0.1) is 0 Å². The molecule has 1 atom stereocenters. The van der Waals surface area contributed by atoms with Gasteiger partial charge in [0.05, 0.1) is 23.7 Å². The van der Waals surface area contributed by atoms with Crippen LogP contribution >= 0.6 is 0 Å². The molecule has 0 saturated heterocycles. The summed E-state index contributed by atoms with van der Waals surface area (Å²) >= 11 is 0. The van der Waals surface area contributed by atoms with Crippen molar-refractivity contribution in [1.82, 2.24) is 29.8 Å². The first-order chi connectivity index (χ1) is 19.9. The van der Waals surface area contributed by atoms with Crippen molar-refractivity contribution in [3.05, 3.63) is 66.6 Å². The summed E-state index contributed by atoms with van der Waals surface area (Å²) in [6.45, 7) is 6.05. The van der Waals surface area contributed by atoms with Crippen molar-refractivity contribution in [3.8, 4) is 5.75 Å². The normalized spacial score (nSPS) is 12.6. The van der Waals surface area contributed by atoms with E-state index in [2.05, 4.69) is 30.4 Å². The van der Waals surface area contributed by atoms with Crippen molar-refractivity contribution in [3.63, 3.8) is 0 Å². The van der Waals surface area contributed by atoms with Crippen molar-refractivity contribution in [2.75, 3.05) is 25.5 Å². The van der Waals surface area contributed by atoms with Crippen LogP contribution in [0.3, 0.4) is 0 Å². The molecule has 0 unspecified atom stereocenters. The number of hydrogen-bond donors (Lipinski definition) is 4. The van der Waals surface area contributed by atoms with Gasteiger partial charge in [0.25, 0.3) is 5.91 Å². The summed E-state index contributed by atoms with van der Waals surface area (Å²) in [6.07, 6.45) is 5.91. The van der Waals surface area contributed by atoms with Gasteiger partial charge in [-0.1, -0.05) is 0 Å². The van der Waals surface area contributed by atoms with Crippen molar-refractivity contribution in [1.29, 1.82) is 0 Å². The van der Waals surface area contributed by atoms with E-state index in [1.807, 2.05) is 4.68 Å². The SMILES string of the molecule is COc1ccc(S(=O)(=O)N[C@@H](CNC(=O)c2ccc3c(cnn3CCCNc3ncc[nH]3)c2)C(=O)OC(C)(C)C)cc1. The van der Waals surface area contributed by atoms with E-state index < -0.39 is 33.5 Å². The maximum Gasteiger partial charge on any atom is 0.326 e. The zero-order chi connectivity index (χ0) is 30.3. The Balaban J connectivity index is 1.41. The Hall–Kier alpha value is -4.43. The topological polar surface area (TPSA) is 169 Å². The molecule has 2 aromatic carbocycles. The minimum absolute atomic E-state index is 0.0672. The quantitative estimate of drug-likeness (QED) is 0.134. The van der Waals surface area contributed by atoms with E-state index in [9.17, 15) is 18.0 Å². The third-order valence-corrected chi connectivity index (χ3v) is 7.55. The highest BCUT2D eigenvalue weighted by Gasteiger charge is 2.30. The molecule has 4 aromatic rings. The van der Waals surface area contributed by atoms with Gasteiger partial charge in [-0.3, -0.25) is 14.3 Å². The molecule has 1 amide bonds. The minimum Gasteiger partial charge on any atom is -0.497 e. The van der Waals surface area contributed by atoms with Gasteiger partial charge in [-0.15, -0.1) is 0 Å². The smallest absolute Gasteiger partial charge is 0.326 e. The molecule has 4 rings (SSSR count). The third kappa shape index (κ3) is 8.07. The van der Waals surface area contributed by atoms with E-state index >= 15 is 0 Å². The summed E-state index contributed by atoms with van der Waals surface area (Å²) in [4.78, 5) is 33.0. The number of aromatic nitrogens is 4. The number of anilines is 1. The number of methoxy groups -OCH3 is 1. The van der Waals surface area contributed by atoms with E-state index in [-0.39, 0.29) is 11.4 Å². The van der Waals surface area contributed by atoms with Crippen molar-refractivity contribution >= 4 is 38.8 Å². The highest BCUT2D eigenvalue weighted by Crippen LogP contribution is 2.18. The van der Waals surface area contributed by atoms with Gasteiger partial charge >= 0.3 is 5.97 Å². The number of carbonyl (C=O) groups is 2. The molecule has 224 valence electrons. The molecule has 0 fully saturated rings. The number of aromatic amines is 1. The number of sulfonamides is 1. The number of amides is 1. The number of aryl methyl sites for hydroxylation is 1. The molecule has 0 radical (unpaired) electrons. The Bertz CT molecular complexity index is 1610. The maximum atomic E-state index is 13.0. The number of hydrogen-bond acceptors (Lipinski definition) is 9. The van der Waals surface area contributed by atoms with Gasteiger partial charge in [-0.25, -0.2) is 13.4 Å². The Morgan fingerprint density at radius 2 is 1.88 bits per heavy atom. The largest absolute Gasteiger partial charge is 0.497 e. The van der Waals surface area contributed by atoms with E-state index in [4.69, 9.17) is 9.47 Å². The second kappa shape index (κ2) is 13.0. The highest BCUT2D eigenvalue weighted by molar-refractivity contribution is 7.89. The van der Waals surface area contributed by atoms with Crippen LogP contribution in [0.1, 0.15) is 37.6 Å². The van der Waals surface area contributed by atoms with Crippen LogP contribution < -0.4 is 20.1 Å². The molecule has 0 saturated carbocycles. The van der Waals surface area contributed by atoms with E-state index in [1.54, 1.807) is 57.6 Å². The van der Waals surface area contributed by atoms with E-state index in [0.29, 0.717) is 30.4 Å². The van der Waals surface area contributed by atoms with Crippen molar-refractivity contribution < 1.29 is 27.5 Å². The number of rotatable bonds is 13. The molecular weight excluding hydrogens is 562 g/mol. The van der Waals surface area contributed by atoms with Gasteiger partial charge in [-0.2, -0.15) is 9.82 Å². The number of esters is 1. The van der Waals surface area contributed by atoms with Gasteiger partial charge in [0.2, 0.25) is 10.0 Å². The van der Waals surface area contributed by atoms with Crippen LogP contribution in [-0.4, -0.2) is 71.9 Å². The lowest BCUT2D eigenvalue weighted by atomic mass is 10.1. The van der Waals surface area contributed by atoms with Gasteiger partial charge in [0, 0.05) is 43.0 Å². The Kier molecular flexibility index (Phi) is 9.48. The predicted molar refractivity (Wildman–Crippen MR) is 157 cm³/mol. The van der Waals surface area contributed by atoms with Gasteiger partial charge in [-0.05, 0) is 69.7 Å². The van der Waals surface area contributed by atoms with Crippen LogP contribution in [0.15, 0.2) is 66.0 Å². The molecule has 0 spiro atoms. The molecule has 4 N–H and O–H groups in total. The number of imidazole rings is 1. The lowest BCUT2D eigenvalue weighted by Crippen LogP contribution is -2.50. The van der Waals surface area contributed by atoms with Gasteiger partial charge < -0.3 is 25.1 Å². The standard InChI is InChI=1S/C28H35N7O6S/c1-28(2,3)41-26(37)23(34-42(38,39)22-9-7-21(40-4)8-10-22)18-32-25(36)19-6-11-24-20(16-19)17-33-35(24)15-5-12-29-27-30-13-14-31-27/h6-11,13-14,16-17,23,34H,5,12,15,18H2,1-4H3,(H,32,36)(H2,29,30,31)/t23-/m0/s1. The fraction of sp³-hybridized carbons (Fsp3) is 0.357. The number of H-pyrrole nitrogens is 1. The molecule has 0 aliphatic rings. The average molecular weight is 598 g/mol. The Morgan fingerprint density at radius 1 is 1.12 bits per heavy atom. The number of nitrogens with zero attached hydrogens (tertiary/aromatic N) is 3. The first-order valence-corrected chi connectivity index (χ1v) is 14.8. The van der Waals surface area contributed by atoms with Crippen LogP contribution in [0.5, 0.6) is 5.75 Å². The monoisotopic (exact) mass is 597 g/mol. The van der Waals surface area contributed by atoms with Crippen LogP contribution in [0.2, 0.25) is 0 Å². The van der Waals surface area contributed by atoms with Gasteiger partial charge in [0.1, 0.15) is 17.4 Å². The molecule has 0 bridgehead atoms. The lowest BCUT2D eigenvalue weighted by molar-refractivity contribution is -0.156. The molecule has 2 heterocycles. The second-order valence-corrected chi connectivity index (χ2v) is 12.2. The fourth-order valence-corrected chi connectivity index (χ4v) is 5.24. The summed E-state index contributed by atoms with van der Waals surface area (Å²) in [7, 11) is -2.66. The molecule has 13 nitrogen and oxygen atoms in total. The van der Waals surface area contributed by atoms with E-state index in [1.165, 1.54) is 31.4 Å². The summed E-state index contributed by atoms with van der Waals surface area (Å²) < 4.78 is 40.8. The summed E-state index contributed by atoms with van der Waals surface area (Å²) in [5.41, 5.74) is 0.330. The second-order valence-electron chi connectivity index (χ2n) is 10.5. The van der Waals surface area contributed by atoms with Crippen LogP contribution in [-0.2, 0) is 26.1 Å².